The molecule has 0 unspecified atom stereocenters. The fourth-order valence-corrected chi connectivity index (χ4v) is 2.95. The molecule has 0 aliphatic carbocycles. The molecule has 19 heavy (non-hydrogen) atoms. The Kier molecular flexibility index (Phi) is 3.07. The summed E-state index contributed by atoms with van der Waals surface area (Å²) >= 11 is 0. The molecule has 0 N–H and O–H groups in total. The molecular formula is C15H18O4. The van der Waals surface area contributed by atoms with Crippen LogP contribution in [0.25, 0.3) is 0 Å². The van der Waals surface area contributed by atoms with Crippen molar-refractivity contribution in [2.75, 3.05) is 6.61 Å². The van der Waals surface area contributed by atoms with E-state index in [1.807, 2.05) is 25.1 Å². The molecule has 0 spiro atoms. The first kappa shape index (κ1) is 12.6. The van der Waals surface area contributed by atoms with E-state index in [1.54, 1.807) is 0 Å². The highest BCUT2D eigenvalue weighted by Crippen LogP contribution is 2.44. The maximum absolute atomic E-state index is 11.1. The molecule has 2 heterocycles. The van der Waals surface area contributed by atoms with Gasteiger partial charge in [-0.2, -0.15) is 0 Å². The summed E-state index contributed by atoms with van der Waals surface area (Å²) in [6.45, 7) is 3.87. The molecule has 2 fully saturated rings. The van der Waals surface area contributed by atoms with Crippen LogP contribution in [-0.4, -0.2) is 30.6 Å². The minimum Gasteiger partial charge on any atom is -0.457 e. The minimum atomic E-state index is -0.790. The van der Waals surface area contributed by atoms with Crippen molar-refractivity contribution >= 4 is 5.97 Å². The van der Waals surface area contributed by atoms with Crippen molar-refractivity contribution in [3.05, 3.63) is 35.9 Å². The Labute approximate surface area is 112 Å². The summed E-state index contributed by atoms with van der Waals surface area (Å²) in [5.74, 6) is -0.876. The second kappa shape index (κ2) is 4.62. The van der Waals surface area contributed by atoms with Crippen molar-refractivity contribution in [3.8, 4) is 0 Å². The van der Waals surface area contributed by atoms with E-state index in [4.69, 9.17) is 14.2 Å². The van der Waals surface area contributed by atoms with Crippen LogP contribution in [0.5, 0.6) is 0 Å². The van der Waals surface area contributed by atoms with Gasteiger partial charge in [-0.1, -0.05) is 30.3 Å². The Balaban J connectivity index is 1.80. The number of ether oxygens (including phenoxy) is 3. The Morgan fingerprint density at radius 3 is 2.79 bits per heavy atom. The first-order valence-electron chi connectivity index (χ1n) is 6.62. The van der Waals surface area contributed by atoms with Gasteiger partial charge in [0, 0.05) is 19.3 Å². The molecule has 102 valence electrons. The SMILES string of the molecule is CC(=O)O[C@@H]1C[C@H]2O[C@]1(C)OC[C@H]2c1ccccc1. The topological polar surface area (TPSA) is 44.8 Å². The third kappa shape index (κ3) is 2.26. The van der Waals surface area contributed by atoms with E-state index in [9.17, 15) is 4.79 Å². The van der Waals surface area contributed by atoms with E-state index in [-0.39, 0.29) is 24.1 Å². The monoisotopic (exact) mass is 262 g/mol. The van der Waals surface area contributed by atoms with Crippen LogP contribution in [0.1, 0.15) is 31.7 Å². The van der Waals surface area contributed by atoms with Crippen molar-refractivity contribution in [1.29, 1.82) is 0 Å². The molecule has 0 radical (unpaired) electrons. The van der Waals surface area contributed by atoms with E-state index >= 15 is 0 Å². The molecule has 2 aliphatic heterocycles. The van der Waals surface area contributed by atoms with Gasteiger partial charge >= 0.3 is 5.97 Å². The summed E-state index contributed by atoms with van der Waals surface area (Å²) < 4.78 is 17.1. The molecule has 1 aromatic carbocycles. The Morgan fingerprint density at radius 1 is 1.37 bits per heavy atom. The van der Waals surface area contributed by atoms with E-state index in [2.05, 4.69) is 12.1 Å². The van der Waals surface area contributed by atoms with Crippen molar-refractivity contribution in [2.24, 2.45) is 0 Å². The Morgan fingerprint density at radius 2 is 2.11 bits per heavy atom. The normalized spacial score (nSPS) is 37.1. The van der Waals surface area contributed by atoms with Gasteiger partial charge in [0.25, 0.3) is 0 Å². The summed E-state index contributed by atoms with van der Waals surface area (Å²) in [7, 11) is 0. The lowest BCUT2D eigenvalue weighted by Crippen LogP contribution is -2.45. The predicted octanol–water partition coefficient (Wildman–Crippen LogP) is 2.24. The molecule has 0 amide bonds. The highest BCUT2D eigenvalue weighted by atomic mass is 16.7. The van der Waals surface area contributed by atoms with Crippen LogP contribution in [0.4, 0.5) is 0 Å². The lowest BCUT2D eigenvalue weighted by Gasteiger charge is -2.36. The number of carbonyl (C=O) groups is 1. The number of hydrogen-bond acceptors (Lipinski definition) is 4. The second-order valence-corrected chi connectivity index (χ2v) is 5.33. The van der Waals surface area contributed by atoms with Crippen LogP contribution >= 0.6 is 0 Å². The standard InChI is InChI=1S/C15H18O4/c1-10(16)18-14-8-13-12(9-17-15(14,2)19-13)11-6-4-3-5-7-11/h3-7,12-14H,8-9H2,1-2H3/t12-,13+,14+,15-/m0/s1. The number of fused-ring (bicyclic) bond motifs is 2. The van der Waals surface area contributed by atoms with Gasteiger partial charge < -0.3 is 14.2 Å². The fraction of sp³-hybridized carbons (Fsp3) is 0.533. The first-order chi connectivity index (χ1) is 9.08. The quantitative estimate of drug-likeness (QED) is 0.767. The van der Waals surface area contributed by atoms with Crippen LogP contribution in [0.2, 0.25) is 0 Å². The molecule has 1 aromatic rings. The summed E-state index contributed by atoms with van der Waals surface area (Å²) in [5, 5.41) is 0. The van der Waals surface area contributed by atoms with Crippen LogP contribution in [0.15, 0.2) is 30.3 Å². The summed E-state index contributed by atoms with van der Waals surface area (Å²) in [6, 6.07) is 10.2. The van der Waals surface area contributed by atoms with Gasteiger partial charge in [0.15, 0.2) is 6.10 Å². The molecule has 0 aromatic heterocycles. The van der Waals surface area contributed by atoms with Crippen LogP contribution in [0.3, 0.4) is 0 Å². The van der Waals surface area contributed by atoms with Gasteiger partial charge in [0.1, 0.15) is 0 Å². The van der Waals surface area contributed by atoms with Crippen molar-refractivity contribution in [3.63, 3.8) is 0 Å². The van der Waals surface area contributed by atoms with Gasteiger partial charge in [0.05, 0.1) is 12.7 Å². The first-order valence-corrected chi connectivity index (χ1v) is 6.62. The molecule has 4 nitrogen and oxygen atoms in total. The second-order valence-electron chi connectivity index (χ2n) is 5.33. The van der Waals surface area contributed by atoms with Gasteiger partial charge in [-0.25, -0.2) is 0 Å². The largest absolute Gasteiger partial charge is 0.457 e. The lowest BCUT2D eigenvalue weighted by molar-refractivity contribution is -0.281. The number of carbonyl (C=O) groups excluding carboxylic acids is 1. The summed E-state index contributed by atoms with van der Waals surface area (Å²) in [6.07, 6.45) is 0.421. The lowest BCUT2D eigenvalue weighted by atomic mass is 9.92. The summed E-state index contributed by atoms with van der Waals surface area (Å²) in [5.41, 5.74) is 1.21. The van der Waals surface area contributed by atoms with Gasteiger partial charge in [0.2, 0.25) is 5.79 Å². The minimum absolute atomic E-state index is 0.0468. The summed E-state index contributed by atoms with van der Waals surface area (Å²) in [4.78, 5) is 11.1. The van der Waals surface area contributed by atoms with Crippen LogP contribution in [-0.2, 0) is 19.0 Å². The molecule has 2 bridgehead atoms. The third-order valence-corrected chi connectivity index (χ3v) is 3.95. The van der Waals surface area contributed by atoms with E-state index in [0.29, 0.717) is 13.0 Å². The Bertz CT molecular complexity index is 472. The fourth-order valence-electron chi connectivity index (χ4n) is 2.95. The highest BCUT2D eigenvalue weighted by Gasteiger charge is 2.54. The van der Waals surface area contributed by atoms with E-state index < -0.39 is 5.79 Å². The molecule has 2 saturated heterocycles. The van der Waals surface area contributed by atoms with Crippen molar-refractivity contribution in [1.82, 2.24) is 0 Å². The maximum Gasteiger partial charge on any atom is 0.303 e. The molecule has 4 atom stereocenters. The molecule has 3 rings (SSSR count). The highest BCUT2D eigenvalue weighted by molar-refractivity contribution is 5.66. The van der Waals surface area contributed by atoms with Crippen LogP contribution < -0.4 is 0 Å². The number of rotatable bonds is 2. The zero-order valence-corrected chi connectivity index (χ0v) is 11.2. The van der Waals surface area contributed by atoms with Gasteiger partial charge in [-0.15, -0.1) is 0 Å². The van der Waals surface area contributed by atoms with Crippen LogP contribution in [0, 0.1) is 0 Å². The maximum atomic E-state index is 11.1. The van der Waals surface area contributed by atoms with Gasteiger partial charge in [-0.05, 0) is 12.5 Å². The van der Waals surface area contributed by atoms with Gasteiger partial charge in [-0.3, -0.25) is 4.79 Å². The smallest absolute Gasteiger partial charge is 0.303 e. The third-order valence-electron chi connectivity index (χ3n) is 3.95. The zero-order valence-electron chi connectivity index (χ0n) is 11.2. The number of esters is 1. The van der Waals surface area contributed by atoms with E-state index in [1.165, 1.54) is 12.5 Å². The average Bonchev–Trinajstić information content (AvgIpc) is 2.62. The molecule has 2 aliphatic rings. The molecular weight excluding hydrogens is 244 g/mol. The number of benzene rings is 1. The predicted molar refractivity (Wildman–Crippen MR) is 68.6 cm³/mol. The molecule has 4 heteroatoms. The molecule has 0 saturated carbocycles. The van der Waals surface area contributed by atoms with E-state index in [0.717, 1.165) is 0 Å². The Hall–Kier alpha value is -1.39. The number of hydrogen-bond donors (Lipinski definition) is 0. The average molecular weight is 262 g/mol. The van der Waals surface area contributed by atoms with Crippen molar-refractivity contribution in [2.45, 2.75) is 44.2 Å². The zero-order chi connectivity index (χ0) is 13.5. The van der Waals surface area contributed by atoms with Crippen molar-refractivity contribution < 1.29 is 19.0 Å².